The van der Waals surface area contributed by atoms with Gasteiger partial charge in [-0.2, -0.15) is 0 Å². The first-order valence-electron chi connectivity index (χ1n) is 8.15. The van der Waals surface area contributed by atoms with Crippen LogP contribution in [0.2, 0.25) is 0 Å². The Balaban J connectivity index is 1.42. The van der Waals surface area contributed by atoms with Crippen molar-refractivity contribution in [1.29, 1.82) is 0 Å². The van der Waals surface area contributed by atoms with E-state index in [1.807, 2.05) is 0 Å². The third-order valence-electron chi connectivity index (χ3n) is 5.23. The number of carbonyl (C=O) groups is 1. The second-order valence-corrected chi connectivity index (χ2v) is 7.09. The smallest absolute Gasteiger partial charge is 0.223 e. The number of rotatable bonds is 6. The summed E-state index contributed by atoms with van der Waals surface area (Å²) in [7, 11) is 0. The maximum Gasteiger partial charge on any atom is 0.223 e. The fourth-order valence-corrected chi connectivity index (χ4v) is 3.44. The number of hydrogen-bond donors (Lipinski definition) is 2. The normalized spacial score (nSPS) is 27.0. The summed E-state index contributed by atoms with van der Waals surface area (Å²) >= 11 is 0. The fourth-order valence-electron chi connectivity index (χ4n) is 3.44. The lowest BCUT2D eigenvalue weighted by Crippen LogP contribution is -2.56. The van der Waals surface area contributed by atoms with Crippen molar-refractivity contribution >= 4 is 5.91 Å². The molecule has 0 aromatic heterocycles. The van der Waals surface area contributed by atoms with Crippen molar-refractivity contribution in [2.24, 2.45) is 11.3 Å². The molecule has 0 aliphatic heterocycles. The molecule has 2 atom stereocenters. The predicted molar refractivity (Wildman–Crippen MR) is 85.1 cm³/mol. The standard InChI is InChI=1S/C18H26N2O/c1-18(2)15(13-6-4-3-5-7-13)12-16(18)19-10-11-20-17(21)14-8-9-14/h3-7,14-16,19H,8-12H2,1-2H3,(H,20,21)/t15-,16-/m0/s1. The van der Waals surface area contributed by atoms with Crippen molar-refractivity contribution in [3.63, 3.8) is 0 Å². The SMILES string of the molecule is CC1(C)[C@@H](NCCNC(=O)C2CC2)C[C@H]1c1ccccc1. The Bertz CT molecular complexity index is 493. The summed E-state index contributed by atoms with van der Waals surface area (Å²) in [4.78, 5) is 11.6. The van der Waals surface area contributed by atoms with E-state index in [9.17, 15) is 4.79 Å². The van der Waals surface area contributed by atoms with Crippen LogP contribution in [0.5, 0.6) is 0 Å². The Hall–Kier alpha value is -1.35. The maximum atomic E-state index is 11.6. The molecule has 114 valence electrons. The largest absolute Gasteiger partial charge is 0.355 e. The van der Waals surface area contributed by atoms with E-state index in [1.54, 1.807) is 0 Å². The summed E-state index contributed by atoms with van der Waals surface area (Å²) in [6, 6.07) is 11.3. The van der Waals surface area contributed by atoms with Crippen molar-refractivity contribution in [2.45, 2.75) is 45.1 Å². The zero-order valence-corrected chi connectivity index (χ0v) is 13.1. The molecule has 2 aliphatic rings. The van der Waals surface area contributed by atoms with Crippen molar-refractivity contribution in [2.75, 3.05) is 13.1 Å². The molecule has 2 fully saturated rings. The van der Waals surface area contributed by atoms with Crippen molar-refractivity contribution in [1.82, 2.24) is 10.6 Å². The van der Waals surface area contributed by atoms with E-state index in [2.05, 4.69) is 54.8 Å². The highest BCUT2D eigenvalue weighted by Gasteiger charge is 2.48. The van der Waals surface area contributed by atoms with Crippen LogP contribution in [0, 0.1) is 11.3 Å². The van der Waals surface area contributed by atoms with Gasteiger partial charge in [0.1, 0.15) is 0 Å². The second-order valence-electron chi connectivity index (χ2n) is 7.09. The third kappa shape index (κ3) is 3.13. The van der Waals surface area contributed by atoms with Crippen LogP contribution in [0.4, 0.5) is 0 Å². The molecule has 1 amide bonds. The quantitative estimate of drug-likeness (QED) is 0.789. The van der Waals surface area contributed by atoms with E-state index >= 15 is 0 Å². The zero-order chi connectivity index (χ0) is 14.9. The molecular weight excluding hydrogens is 260 g/mol. The van der Waals surface area contributed by atoms with Crippen LogP contribution < -0.4 is 10.6 Å². The van der Waals surface area contributed by atoms with Gasteiger partial charge in [-0.05, 0) is 36.2 Å². The number of nitrogens with one attached hydrogen (secondary N) is 2. The molecule has 0 radical (unpaired) electrons. The van der Waals surface area contributed by atoms with Gasteiger partial charge >= 0.3 is 0 Å². The molecule has 0 unspecified atom stereocenters. The molecule has 21 heavy (non-hydrogen) atoms. The molecule has 2 N–H and O–H groups in total. The second kappa shape index (κ2) is 5.80. The van der Waals surface area contributed by atoms with Crippen LogP contribution in [0.1, 0.15) is 44.6 Å². The summed E-state index contributed by atoms with van der Waals surface area (Å²) in [6.07, 6.45) is 3.34. The van der Waals surface area contributed by atoms with Crippen LogP contribution in [0.15, 0.2) is 30.3 Å². The van der Waals surface area contributed by atoms with Gasteiger partial charge in [0.25, 0.3) is 0 Å². The molecule has 0 heterocycles. The van der Waals surface area contributed by atoms with Gasteiger partial charge in [0, 0.05) is 25.0 Å². The minimum Gasteiger partial charge on any atom is -0.355 e. The Morgan fingerprint density at radius 3 is 2.52 bits per heavy atom. The van der Waals surface area contributed by atoms with Crippen molar-refractivity contribution in [3.8, 4) is 0 Å². The van der Waals surface area contributed by atoms with Gasteiger partial charge in [0.15, 0.2) is 0 Å². The van der Waals surface area contributed by atoms with Gasteiger partial charge in [0.05, 0.1) is 0 Å². The van der Waals surface area contributed by atoms with E-state index in [-0.39, 0.29) is 11.3 Å². The molecule has 0 bridgehead atoms. The van der Waals surface area contributed by atoms with Crippen LogP contribution in [0.25, 0.3) is 0 Å². The maximum absolute atomic E-state index is 11.6. The highest BCUT2D eigenvalue weighted by atomic mass is 16.2. The number of benzene rings is 1. The lowest BCUT2D eigenvalue weighted by atomic mass is 9.56. The average molecular weight is 286 g/mol. The molecule has 0 spiro atoms. The summed E-state index contributed by atoms with van der Waals surface area (Å²) in [5.74, 6) is 1.19. The van der Waals surface area contributed by atoms with Crippen molar-refractivity contribution < 1.29 is 4.79 Å². The monoisotopic (exact) mass is 286 g/mol. The molecule has 3 heteroatoms. The summed E-state index contributed by atoms with van der Waals surface area (Å²) in [5, 5.41) is 6.63. The summed E-state index contributed by atoms with van der Waals surface area (Å²) in [5.41, 5.74) is 1.73. The highest BCUT2D eigenvalue weighted by Crippen LogP contribution is 2.52. The van der Waals surface area contributed by atoms with Crippen molar-refractivity contribution in [3.05, 3.63) is 35.9 Å². The molecule has 2 aliphatic carbocycles. The van der Waals surface area contributed by atoms with Crippen LogP contribution in [-0.2, 0) is 4.79 Å². The average Bonchev–Trinajstić information content (AvgIpc) is 3.31. The van der Waals surface area contributed by atoms with Gasteiger partial charge in [-0.15, -0.1) is 0 Å². The van der Waals surface area contributed by atoms with Crippen LogP contribution >= 0.6 is 0 Å². The van der Waals surface area contributed by atoms with Gasteiger partial charge in [0.2, 0.25) is 5.91 Å². The fraction of sp³-hybridized carbons (Fsp3) is 0.611. The zero-order valence-electron chi connectivity index (χ0n) is 13.1. The third-order valence-corrected chi connectivity index (χ3v) is 5.23. The Morgan fingerprint density at radius 2 is 1.90 bits per heavy atom. The lowest BCUT2D eigenvalue weighted by Gasteiger charge is -2.53. The number of carbonyl (C=O) groups excluding carboxylic acids is 1. The Labute approximate surface area is 127 Å². The topological polar surface area (TPSA) is 41.1 Å². The first-order valence-corrected chi connectivity index (χ1v) is 8.15. The van der Waals surface area contributed by atoms with Crippen LogP contribution in [-0.4, -0.2) is 25.0 Å². The van der Waals surface area contributed by atoms with E-state index in [0.717, 1.165) is 25.9 Å². The van der Waals surface area contributed by atoms with E-state index < -0.39 is 0 Å². The first kappa shape index (κ1) is 14.6. The van der Waals surface area contributed by atoms with Gasteiger partial charge in [-0.3, -0.25) is 4.79 Å². The van der Waals surface area contributed by atoms with Gasteiger partial charge < -0.3 is 10.6 Å². The lowest BCUT2D eigenvalue weighted by molar-refractivity contribution is -0.122. The molecule has 1 aromatic carbocycles. The summed E-state index contributed by atoms with van der Waals surface area (Å²) < 4.78 is 0. The molecule has 3 nitrogen and oxygen atoms in total. The Kier molecular flexibility index (Phi) is 4.03. The van der Waals surface area contributed by atoms with E-state index in [1.165, 1.54) is 12.0 Å². The first-order chi connectivity index (χ1) is 10.1. The van der Waals surface area contributed by atoms with Crippen LogP contribution in [0.3, 0.4) is 0 Å². The minimum atomic E-state index is 0.242. The molecule has 2 saturated carbocycles. The van der Waals surface area contributed by atoms with Gasteiger partial charge in [-0.1, -0.05) is 44.2 Å². The highest BCUT2D eigenvalue weighted by molar-refractivity contribution is 5.80. The molecule has 0 saturated heterocycles. The Morgan fingerprint density at radius 1 is 1.19 bits per heavy atom. The van der Waals surface area contributed by atoms with E-state index in [0.29, 0.717) is 17.9 Å². The predicted octanol–water partition coefficient (Wildman–Crippen LogP) is 2.68. The minimum absolute atomic E-state index is 0.242. The molecule has 1 aromatic rings. The number of hydrogen-bond acceptors (Lipinski definition) is 2. The number of amides is 1. The molecular formula is C18H26N2O. The van der Waals surface area contributed by atoms with E-state index in [4.69, 9.17) is 0 Å². The molecule has 3 rings (SSSR count). The summed E-state index contributed by atoms with van der Waals surface area (Å²) in [6.45, 7) is 6.30. The van der Waals surface area contributed by atoms with Gasteiger partial charge in [-0.25, -0.2) is 0 Å².